The highest BCUT2D eigenvalue weighted by Crippen LogP contribution is 2.13. The number of aromatic nitrogens is 1. The molecule has 0 fully saturated rings. The maximum Gasteiger partial charge on any atom is 0.262 e. The summed E-state index contributed by atoms with van der Waals surface area (Å²) in [5.74, 6) is -0.368. The monoisotopic (exact) mass is 269 g/mol. The molecule has 2 aromatic heterocycles. The number of hydrogen-bond acceptors (Lipinski definition) is 4. The van der Waals surface area contributed by atoms with E-state index in [2.05, 4.69) is 10.3 Å². The van der Waals surface area contributed by atoms with Gasteiger partial charge in [0.05, 0.1) is 0 Å². The van der Waals surface area contributed by atoms with Crippen LogP contribution in [0.5, 0.6) is 0 Å². The maximum absolute atomic E-state index is 11.9. The van der Waals surface area contributed by atoms with Gasteiger partial charge in [-0.2, -0.15) is 5.26 Å². The van der Waals surface area contributed by atoms with E-state index < -0.39 is 0 Å². The van der Waals surface area contributed by atoms with Crippen molar-refractivity contribution in [2.24, 2.45) is 0 Å². The first-order chi connectivity index (χ1) is 9.29. The Kier molecular flexibility index (Phi) is 4.43. The molecule has 0 radical (unpaired) electrons. The van der Waals surface area contributed by atoms with Crippen LogP contribution < -0.4 is 5.32 Å². The van der Waals surface area contributed by atoms with Crippen LogP contribution in [0.25, 0.3) is 6.08 Å². The lowest BCUT2D eigenvalue weighted by Gasteiger charge is -2.03. The highest BCUT2D eigenvalue weighted by molar-refractivity contribution is 7.10. The Labute approximate surface area is 115 Å². The van der Waals surface area contributed by atoms with Crippen molar-refractivity contribution in [2.75, 3.05) is 0 Å². The predicted molar refractivity (Wildman–Crippen MR) is 74.0 cm³/mol. The number of carbonyl (C=O) groups excluding carboxylic acids is 1. The van der Waals surface area contributed by atoms with E-state index >= 15 is 0 Å². The first kappa shape index (κ1) is 13.0. The van der Waals surface area contributed by atoms with E-state index in [9.17, 15) is 4.79 Å². The van der Waals surface area contributed by atoms with Gasteiger partial charge in [-0.1, -0.05) is 6.07 Å². The lowest BCUT2D eigenvalue weighted by Crippen LogP contribution is -2.23. The summed E-state index contributed by atoms with van der Waals surface area (Å²) >= 11 is 1.48. The average Bonchev–Trinajstić information content (AvgIpc) is 2.96. The molecule has 19 heavy (non-hydrogen) atoms. The second-order valence-corrected chi connectivity index (χ2v) is 4.70. The molecule has 0 unspecified atom stereocenters. The number of rotatable bonds is 4. The Morgan fingerprint density at radius 1 is 1.42 bits per heavy atom. The molecule has 2 heterocycles. The zero-order chi connectivity index (χ0) is 13.5. The molecule has 1 N–H and O–H groups in total. The normalized spacial score (nSPS) is 10.8. The summed E-state index contributed by atoms with van der Waals surface area (Å²) in [7, 11) is 0. The van der Waals surface area contributed by atoms with Crippen LogP contribution in [0.15, 0.2) is 47.6 Å². The van der Waals surface area contributed by atoms with Crippen LogP contribution in [0, 0.1) is 11.3 Å². The Balaban J connectivity index is 2.01. The first-order valence-corrected chi connectivity index (χ1v) is 6.50. The summed E-state index contributed by atoms with van der Waals surface area (Å²) in [5, 5.41) is 13.6. The van der Waals surface area contributed by atoms with Crippen molar-refractivity contribution in [3.63, 3.8) is 0 Å². The van der Waals surface area contributed by atoms with Gasteiger partial charge in [0.25, 0.3) is 5.91 Å². The molecule has 0 bridgehead atoms. The lowest BCUT2D eigenvalue weighted by atomic mass is 10.2. The van der Waals surface area contributed by atoms with Crippen LogP contribution in [-0.2, 0) is 11.3 Å². The van der Waals surface area contributed by atoms with Gasteiger partial charge in [-0.05, 0) is 35.2 Å². The maximum atomic E-state index is 11.9. The van der Waals surface area contributed by atoms with Gasteiger partial charge in [0.15, 0.2) is 0 Å². The van der Waals surface area contributed by atoms with E-state index in [0.717, 1.165) is 10.4 Å². The average molecular weight is 269 g/mol. The molecule has 0 aromatic carbocycles. The number of nitriles is 1. The van der Waals surface area contributed by atoms with Crippen molar-refractivity contribution in [1.29, 1.82) is 5.26 Å². The molecule has 0 aliphatic rings. The summed E-state index contributed by atoms with van der Waals surface area (Å²) in [5.41, 5.74) is 1.05. The van der Waals surface area contributed by atoms with E-state index in [4.69, 9.17) is 5.26 Å². The number of hydrogen-bond donors (Lipinski definition) is 1. The van der Waals surface area contributed by atoms with Gasteiger partial charge in [-0.15, -0.1) is 11.3 Å². The third-order valence-electron chi connectivity index (χ3n) is 2.40. The molecule has 1 amide bonds. The molecule has 0 aliphatic carbocycles. The van der Waals surface area contributed by atoms with Gasteiger partial charge < -0.3 is 5.32 Å². The van der Waals surface area contributed by atoms with Crippen LogP contribution in [0.4, 0.5) is 0 Å². The summed E-state index contributed by atoms with van der Waals surface area (Å²) in [6, 6.07) is 9.28. The van der Waals surface area contributed by atoms with E-state index in [1.807, 2.05) is 35.7 Å². The van der Waals surface area contributed by atoms with Crippen molar-refractivity contribution in [2.45, 2.75) is 6.54 Å². The van der Waals surface area contributed by atoms with Crippen molar-refractivity contribution >= 4 is 23.3 Å². The molecule has 4 nitrogen and oxygen atoms in total. The van der Waals surface area contributed by atoms with Crippen molar-refractivity contribution in [1.82, 2.24) is 10.3 Å². The molecule has 0 spiro atoms. The molecular weight excluding hydrogens is 258 g/mol. The Bertz CT molecular complexity index is 612. The standard InChI is InChI=1S/C14H11N3OS/c15-9-12(8-13-2-1-7-19-13)14(18)17-10-11-3-5-16-6-4-11/h1-8H,10H2,(H,17,18)/b12-8+. The van der Waals surface area contributed by atoms with Crippen LogP contribution in [-0.4, -0.2) is 10.9 Å². The Morgan fingerprint density at radius 2 is 2.21 bits per heavy atom. The zero-order valence-corrected chi connectivity index (χ0v) is 10.9. The largest absolute Gasteiger partial charge is 0.347 e. The van der Waals surface area contributed by atoms with Gasteiger partial charge in [-0.3, -0.25) is 9.78 Å². The number of nitrogens with one attached hydrogen (secondary N) is 1. The fourth-order valence-corrected chi connectivity index (χ4v) is 2.10. The third-order valence-corrected chi connectivity index (χ3v) is 3.22. The molecule has 0 aliphatic heterocycles. The minimum Gasteiger partial charge on any atom is -0.347 e. The summed E-state index contributed by atoms with van der Waals surface area (Å²) in [6.07, 6.45) is 4.91. The van der Waals surface area contributed by atoms with Crippen LogP contribution in [0.2, 0.25) is 0 Å². The Hall–Kier alpha value is -2.45. The molecule has 0 saturated carbocycles. The SMILES string of the molecule is N#C/C(=C\c1cccs1)C(=O)NCc1ccncc1. The molecule has 94 valence electrons. The molecule has 0 atom stereocenters. The van der Waals surface area contributed by atoms with Gasteiger partial charge in [0.2, 0.25) is 0 Å². The van der Waals surface area contributed by atoms with Gasteiger partial charge in [0.1, 0.15) is 11.6 Å². The summed E-state index contributed by atoms with van der Waals surface area (Å²) in [4.78, 5) is 16.6. The van der Waals surface area contributed by atoms with Gasteiger partial charge >= 0.3 is 0 Å². The van der Waals surface area contributed by atoms with E-state index in [1.165, 1.54) is 11.3 Å². The van der Waals surface area contributed by atoms with Crippen molar-refractivity contribution < 1.29 is 4.79 Å². The molecule has 2 rings (SSSR count). The topological polar surface area (TPSA) is 65.8 Å². The van der Waals surface area contributed by atoms with Crippen LogP contribution in [0.3, 0.4) is 0 Å². The number of nitrogens with zero attached hydrogens (tertiary/aromatic N) is 2. The van der Waals surface area contributed by atoms with E-state index in [-0.39, 0.29) is 11.5 Å². The Morgan fingerprint density at radius 3 is 2.84 bits per heavy atom. The van der Waals surface area contributed by atoms with Crippen molar-refractivity contribution in [3.05, 3.63) is 58.1 Å². The van der Waals surface area contributed by atoms with Crippen LogP contribution >= 0.6 is 11.3 Å². The summed E-state index contributed by atoms with van der Waals surface area (Å²) in [6.45, 7) is 0.380. The van der Waals surface area contributed by atoms with Gasteiger partial charge in [-0.25, -0.2) is 0 Å². The number of carbonyl (C=O) groups is 1. The van der Waals surface area contributed by atoms with Gasteiger partial charge in [0, 0.05) is 23.8 Å². The van der Waals surface area contributed by atoms with E-state index in [1.54, 1.807) is 18.5 Å². The molecule has 5 heteroatoms. The quantitative estimate of drug-likeness (QED) is 0.684. The smallest absolute Gasteiger partial charge is 0.262 e. The lowest BCUT2D eigenvalue weighted by molar-refractivity contribution is -0.117. The van der Waals surface area contributed by atoms with Crippen molar-refractivity contribution in [3.8, 4) is 6.07 Å². The minimum absolute atomic E-state index is 0.108. The second kappa shape index (κ2) is 6.47. The first-order valence-electron chi connectivity index (χ1n) is 5.62. The highest BCUT2D eigenvalue weighted by atomic mass is 32.1. The summed E-state index contributed by atoms with van der Waals surface area (Å²) < 4.78 is 0. The minimum atomic E-state index is -0.368. The predicted octanol–water partition coefficient (Wildman–Crippen LogP) is 2.37. The fraction of sp³-hybridized carbons (Fsp3) is 0.0714. The fourth-order valence-electron chi connectivity index (χ4n) is 1.44. The molecular formula is C14H11N3OS. The second-order valence-electron chi connectivity index (χ2n) is 3.72. The number of pyridine rings is 1. The molecule has 0 saturated heterocycles. The third kappa shape index (κ3) is 3.76. The molecule has 2 aromatic rings. The van der Waals surface area contributed by atoms with E-state index in [0.29, 0.717) is 6.54 Å². The number of amides is 1. The highest BCUT2D eigenvalue weighted by Gasteiger charge is 2.08. The van der Waals surface area contributed by atoms with Crippen LogP contribution in [0.1, 0.15) is 10.4 Å². The number of thiophene rings is 1. The zero-order valence-electron chi connectivity index (χ0n) is 10.0.